The van der Waals surface area contributed by atoms with Crippen LogP contribution in [0.25, 0.3) is 0 Å². The third-order valence-corrected chi connectivity index (χ3v) is 5.20. The Morgan fingerprint density at radius 3 is 2.44 bits per heavy atom. The highest BCUT2D eigenvalue weighted by Gasteiger charge is 2.36. The summed E-state index contributed by atoms with van der Waals surface area (Å²) in [4.78, 5) is 16.7. The SMILES string of the molecule is Cn1c(C(C)(C)C)c/c(=N/C(=O)c2cccc(C(F)(F)F)c2F)n1C[C@@H]1COC(C)(C)O1. The molecule has 32 heavy (non-hydrogen) atoms. The summed E-state index contributed by atoms with van der Waals surface area (Å²) in [6, 6.07) is 4.24. The number of nitrogens with zero attached hydrogens (tertiary/aromatic N) is 3. The molecule has 2 aromatic rings. The molecule has 176 valence electrons. The Labute approximate surface area is 183 Å². The maximum atomic E-state index is 14.5. The minimum absolute atomic E-state index is 0.188. The lowest BCUT2D eigenvalue weighted by Gasteiger charge is -2.22. The number of hydrogen-bond acceptors (Lipinski definition) is 3. The van der Waals surface area contributed by atoms with Crippen molar-refractivity contribution < 1.29 is 31.8 Å². The molecule has 2 heterocycles. The molecule has 1 aromatic heterocycles. The van der Waals surface area contributed by atoms with E-state index in [0.29, 0.717) is 12.7 Å². The van der Waals surface area contributed by atoms with Crippen LogP contribution in [0.15, 0.2) is 29.3 Å². The van der Waals surface area contributed by atoms with E-state index in [2.05, 4.69) is 4.99 Å². The van der Waals surface area contributed by atoms with Gasteiger partial charge in [-0.15, -0.1) is 0 Å². The maximum Gasteiger partial charge on any atom is 0.419 e. The third kappa shape index (κ3) is 4.96. The molecule has 0 N–H and O–H groups in total. The fourth-order valence-corrected chi connectivity index (χ4v) is 3.71. The highest BCUT2D eigenvalue weighted by atomic mass is 19.4. The summed E-state index contributed by atoms with van der Waals surface area (Å²) < 4.78 is 68.5. The number of amides is 1. The summed E-state index contributed by atoms with van der Waals surface area (Å²) in [7, 11) is 1.79. The van der Waals surface area contributed by atoms with Crippen molar-refractivity contribution in [3.05, 3.63) is 52.4 Å². The topological polar surface area (TPSA) is 57.8 Å². The van der Waals surface area contributed by atoms with Crippen LogP contribution >= 0.6 is 0 Å². The average Bonchev–Trinajstić information content (AvgIpc) is 3.14. The highest BCUT2D eigenvalue weighted by Crippen LogP contribution is 2.32. The van der Waals surface area contributed by atoms with Crippen LogP contribution in [0.1, 0.15) is 56.2 Å². The van der Waals surface area contributed by atoms with E-state index in [1.165, 1.54) is 0 Å². The van der Waals surface area contributed by atoms with Crippen molar-refractivity contribution in [1.82, 2.24) is 9.36 Å². The molecule has 6 nitrogen and oxygen atoms in total. The second-order valence-electron chi connectivity index (χ2n) is 9.28. The fraction of sp³-hybridized carbons (Fsp3) is 0.545. The minimum Gasteiger partial charge on any atom is -0.348 e. The van der Waals surface area contributed by atoms with E-state index in [1.807, 2.05) is 25.5 Å². The molecule has 1 fully saturated rings. The zero-order valence-corrected chi connectivity index (χ0v) is 18.9. The smallest absolute Gasteiger partial charge is 0.348 e. The van der Waals surface area contributed by atoms with E-state index in [9.17, 15) is 22.4 Å². The van der Waals surface area contributed by atoms with Crippen LogP contribution in [0.3, 0.4) is 0 Å². The van der Waals surface area contributed by atoms with Crippen LogP contribution in [0.4, 0.5) is 17.6 Å². The lowest BCUT2D eigenvalue weighted by molar-refractivity contribution is -0.140. The number of hydrogen-bond donors (Lipinski definition) is 0. The van der Waals surface area contributed by atoms with Crippen molar-refractivity contribution in [3.63, 3.8) is 0 Å². The Balaban J connectivity index is 2.08. The van der Waals surface area contributed by atoms with Crippen LogP contribution in [-0.4, -0.2) is 33.8 Å². The van der Waals surface area contributed by atoms with Crippen molar-refractivity contribution in [2.45, 2.75) is 64.6 Å². The summed E-state index contributed by atoms with van der Waals surface area (Å²) >= 11 is 0. The first-order valence-corrected chi connectivity index (χ1v) is 10.1. The van der Waals surface area contributed by atoms with Crippen LogP contribution < -0.4 is 5.49 Å². The molecule has 3 rings (SSSR count). The lowest BCUT2D eigenvalue weighted by atomic mass is 9.92. The summed E-state index contributed by atoms with van der Waals surface area (Å²) in [6.45, 7) is 10.1. The first kappa shape index (κ1) is 24.2. The van der Waals surface area contributed by atoms with E-state index >= 15 is 0 Å². The van der Waals surface area contributed by atoms with Gasteiger partial charge in [-0.2, -0.15) is 18.2 Å². The first-order chi connectivity index (χ1) is 14.6. The summed E-state index contributed by atoms with van der Waals surface area (Å²) in [5.41, 5.74) is -1.55. The molecular weight excluding hydrogens is 430 g/mol. The predicted molar refractivity (Wildman–Crippen MR) is 108 cm³/mol. The number of carbonyl (C=O) groups is 1. The zero-order valence-electron chi connectivity index (χ0n) is 18.9. The fourth-order valence-electron chi connectivity index (χ4n) is 3.71. The molecule has 0 bridgehead atoms. The van der Waals surface area contributed by atoms with Crippen LogP contribution in [0, 0.1) is 5.82 Å². The van der Waals surface area contributed by atoms with E-state index in [-0.39, 0.29) is 23.6 Å². The molecule has 0 saturated carbocycles. The Bertz CT molecular complexity index is 1090. The largest absolute Gasteiger partial charge is 0.419 e. The third-order valence-electron chi connectivity index (χ3n) is 5.20. The van der Waals surface area contributed by atoms with Gasteiger partial charge < -0.3 is 9.47 Å². The normalized spacial score (nSPS) is 19.6. The molecule has 0 unspecified atom stereocenters. The van der Waals surface area contributed by atoms with Crippen molar-refractivity contribution in [2.75, 3.05) is 6.61 Å². The molecule has 0 aliphatic carbocycles. The van der Waals surface area contributed by atoms with Gasteiger partial charge in [-0.1, -0.05) is 26.8 Å². The number of aromatic nitrogens is 2. The van der Waals surface area contributed by atoms with Gasteiger partial charge in [0.2, 0.25) is 0 Å². The molecule has 1 aromatic carbocycles. The summed E-state index contributed by atoms with van der Waals surface area (Å²) in [5.74, 6) is -3.49. The van der Waals surface area contributed by atoms with Gasteiger partial charge in [0.15, 0.2) is 11.3 Å². The molecule has 10 heteroatoms. The minimum atomic E-state index is -4.92. The first-order valence-electron chi connectivity index (χ1n) is 10.1. The monoisotopic (exact) mass is 457 g/mol. The molecule has 0 spiro atoms. The Kier molecular flexibility index (Phi) is 6.16. The molecule has 0 radical (unpaired) electrons. The number of benzene rings is 1. The second kappa shape index (κ2) is 8.15. The quantitative estimate of drug-likeness (QED) is 0.650. The number of ether oxygens (including phenoxy) is 2. The predicted octanol–water partition coefficient (Wildman–Crippen LogP) is 4.17. The summed E-state index contributed by atoms with van der Waals surface area (Å²) in [6.07, 6.45) is -5.25. The maximum absolute atomic E-state index is 14.5. The van der Waals surface area contributed by atoms with E-state index in [1.54, 1.807) is 31.6 Å². The Hall–Kier alpha value is -2.46. The zero-order chi connectivity index (χ0) is 24.1. The Morgan fingerprint density at radius 2 is 1.91 bits per heavy atom. The molecule has 1 saturated heterocycles. The van der Waals surface area contributed by atoms with Crippen molar-refractivity contribution >= 4 is 5.91 Å². The average molecular weight is 457 g/mol. The van der Waals surface area contributed by atoms with Gasteiger partial charge in [-0.05, 0) is 26.0 Å². The second-order valence-corrected chi connectivity index (χ2v) is 9.28. The Morgan fingerprint density at radius 1 is 1.25 bits per heavy atom. The van der Waals surface area contributed by atoms with Crippen LogP contribution in [-0.2, 0) is 34.7 Å². The van der Waals surface area contributed by atoms with Crippen molar-refractivity contribution in [1.29, 1.82) is 0 Å². The molecule has 1 aliphatic heterocycles. The number of rotatable bonds is 3. The van der Waals surface area contributed by atoms with Gasteiger partial charge in [0.25, 0.3) is 5.91 Å². The van der Waals surface area contributed by atoms with E-state index in [0.717, 1.165) is 17.8 Å². The molecular formula is C22H27F4N3O3. The molecule has 1 amide bonds. The van der Waals surface area contributed by atoms with Gasteiger partial charge in [0, 0.05) is 24.2 Å². The van der Waals surface area contributed by atoms with Gasteiger partial charge in [-0.3, -0.25) is 14.2 Å². The molecule has 1 atom stereocenters. The van der Waals surface area contributed by atoms with Crippen LogP contribution in [0.5, 0.6) is 0 Å². The van der Waals surface area contributed by atoms with Crippen molar-refractivity contribution in [2.24, 2.45) is 12.0 Å². The van der Waals surface area contributed by atoms with Gasteiger partial charge in [0.05, 0.1) is 24.3 Å². The van der Waals surface area contributed by atoms with Gasteiger partial charge in [0.1, 0.15) is 11.9 Å². The van der Waals surface area contributed by atoms with Crippen LogP contribution in [0.2, 0.25) is 0 Å². The standard InChI is InChI=1S/C22H27F4N3O3/c1-20(2,3)16-10-17(29(28(16)6)11-13-12-31-21(4,5)32-13)27-19(30)14-8-7-9-15(18(14)23)22(24,25)26/h7-10,13H,11-12H2,1-6H3/b27-17-/t13-/m1/s1. The number of halogens is 4. The van der Waals surface area contributed by atoms with Crippen molar-refractivity contribution in [3.8, 4) is 0 Å². The van der Waals surface area contributed by atoms with Gasteiger partial charge >= 0.3 is 6.18 Å². The highest BCUT2D eigenvalue weighted by molar-refractivity contribution is 5.95. The van der Waals surface area contributed by atoms with E-state index < -0.39 is 34.8 Å². The van der Waals surface area contributed by atoms with E-state index in [4.69, 9.17) is 9.47 Å². The van der Waals surface area contributed by atoms with Gasteiger partial charge in [-0.25, -0.2) is 4.39 Å². The number of alkyl halides is 3. The summed E-state index contributed by atoms with van der Waals surface area (Å²) in [5, 5.41) is 0. The molecule has 1 aliphatic rings. The number of carbonyl (C=O) groups excluding carboxylic acids is 1. The lowest BCUT2D eigenvalue weighted by Crippen LogP contribution is -2.32.